The monoisotopic (exact) mass is 331 g/mol. The van der Waals surface area contributed by atoms with Gasteiger partial charge in [-0.1, -0.05) is 11.6 Å². The SMILES string of the molecule is Cc1c(N)cc(Cl)cc1S(=O)(=O)N1CCN(C)C(C)(C)C1. The van der Waals surface area contributed by atoms with E-state index in [0.29, 0.717) is 35.9 Å². The summed E-state index contributed by atoms with van der Waals surface area (Å²) in [5.41, 5.74) is 6.59. The van der Waals surface area contributed by atoms with E-state index >= 15 is 0 Å². The van der Waals surface area contributed by atoms with Crippen molar-refractivity contribution in [3.05, 3.63) is 22.7 Å². The van der Waals surface area contributed by atoms with Gasteiger partial charge in [0.05, 0.1) is 4.90 Å². The van der Waals surface area contributed by atoms with Crippen molar-refractivity contribution in [1.29, 1.82) is 0 Å². The van der Waals surface area contributed by atoms with E-state index in [0.717, 1.165) is 0 Å². The summed E-state index contributed by atoms with van der Waals surface area (Å²) in [6.07, 6.45) is 0. The number of benzene rings is 1. The Balaban J connectivity index is 2.44. The Kier molecular flexibility index (Phi) is 4.28. The van der Waals surface area contributed by atoms with Gasteiger partial charge in [-0.3, -0.25) is 4.90 Å². The number of nitrogens with zero attached hydrogens (tertiary/aromatic N) is 2. The number of anilines is 1. The van der Waals surface area contributed by atoms with Gasteiger partial charge < -0.3 is 5.73 Å². The zero-order valence-electron chi connectivity index (χ0n) is 12.9. The first-order valence-corrected chi connectivity index (χ1v) is 8.64. The van der Waals surface area contributed by atoms with Gasteiger partial charge in [-0.25, -0.2) is 8.42 Å². The summed E-state index contributed by atoms with van der Waals surface area (Å²) in [4.78, 5) is 2.37. The zero-order chi connectivity index (χ0) is 16.0. The first-order valence-electron chi connectivity index (χ1n) is 6.83. The molecule has 0 spiro atoms. The molecule has 0 aliphatic carbocycles. The Morgan fingerprint density at radius 1 is 1.29 bits per heavy atom. The van der Waals surface area contributed by atoms with Crippen LogP contribution in [0.4, 0.5) is 5.69 Å². The number of halogens is 1. The van der Waals surface area contributed by atoms with Gasteiger partial charge in [-0.05, 0) is 45.5 Å². The molecular weight excluding hydrogens is 310 g/mol. The van der Waals surface area contributed by atoms with Crippen LogP contribution in [0.1, 0.15) is 19.4 Å². The van der Waals surface area contributed by atoms with Gasteiger partial charge in [-0.2, -0.15) is 4.31 Å². The van der Waals surface area contributed by atoms with Crippen LogP contribution in [0, 0.1) is 6.92 Å². The number of likely N-dealkylation sites (N-methyl/N-ethyl adjacent to an activating group) is 1. The maximum atomic E-state index is 12.9. The van der Waals surface area contributed by atoms with Crippen LogP contribution in [0.2, 0.25) is 5.02 Å². The van der Waals surface area contributed by atoms with Gasteiger partial charge in [0, 0.05) is 35.9 Å². The standard InChI is InChI=1S/C14H22ClN3O2S/c1-10-12(16)7-11(15)8-13(10)21(19,20)18-6-5-17(4)14(2,3)9-18/h7-8H,5-6,9,16H2,1-4H3. The highest BCUT2D eigenvalue weighted by Crippen LogP contribution is 2.30. The predicted octanol–water partition coefficient (Wildman–Crippen LogP) is 1.95. The molecule has 0 atom stereocenters. The van der Waals surface area contributed by atoms with E-state index in [1.165, 1.54) is 10.4 Å². The van der Waals surface area contributed by atoms with E-state index in [-0.39, 0.29) is 10.4 Å². The second-order valence-corrected chi connectivity index (χ2v) is 8.53. The lowest BCUT2D eigenvalue weighted by Gasteiger charge is -2.44. The smallest absolute Gasteiger partial charge is 0.243 e. The Hall–Kier alpha value is -0.820. The minimum atomic E-state index is -3.59. The van der Waals surface area contributed by atoms with Gasteiger partial charge in [0.2, 0.25) is 10.0 Å². The molecule has 0 aromatic heterocycles. The van der Waals surface area contributed by atoms with Gasteiger partial charge in [0.1, 0.15) is 0 Å². The molecule has 1 aromatic rings. The fourth-order valence-corrected chi connectivity index (χ4v) is 4.64. The minimum absolute atomic E-state index is 0.202. The molecule has 1 saturated heterocycles. The summed E-state index contributed by atoms with van der Waals surface area (Å²) < 4.78 is 27.3. The van der Waals surface area contributed by atoms with Crippen molar-refractivity contribution in [2.75, 3.05) is 32.4 Å². The average molecular weight is 332 g/mol. The zero-order valence-corrected chi connectivity index (χ0v) is 14.4. The maximum Gasteiger partial charge on any atom is 0.243 e. The van der Waals surface area contributed by atoms with Crippen LogP contribution >= 0.6 is 11.6 Å². The second kappa shape index (κ2) is 5.43. The van der Waals surface area contributed by atoms with Crippen LogP contribution in [0.15, 0.2) is 17.0 Å². The quantitative estimate of drug-likeness (QED) is 0.841. The van der Waals surface area contributed by atoms with Crippen LogP contribution in [-0.2, 0) is 10.0 Å². The van der Waals surface area contributed by atoms with Gasteiger partial charge in [0.15, 0.2) is 0 Å². The Bertz CT molecular complexity index is 658. The van der Waals surface area contributed by atoms with Crippen LogP contribution in [-0.4, -0.2) is 49.8 Å². The van der Waals surface area contributed by atoms with Crippen LogP contribution in [0.3, 0.4) is 0 Å². The molecule has 0 amide bonds. The molecule has 0 saturated carbocycles. The molecule has 0 bridgehead atoms. The summed E-state index contributed by atoms with van der Waals surface area (Å²) in [6.45, 7) is 7.38. The number of sulfonamides is 1. The van der Waals surface area contributed by atoms with Gasteiger partial charge in [-0.15, -0.1) is 0 Å². The fourth-order valence-electron chi connectivity index (χ4n) is 2.48. The van der Waals surface area contributed by atoms with E-state index in [9.17, 15) is 8.42 Å². The Morgan fingerprint density at radius 3 is 2.48 bits per heavy atom. The van der Waals surface area contributed by atoms with E-state index in [4.69, 9.17) is 17.3 Å². The third-order valence-electron chi connectivity index (χ3n) is 4.26. The lowest BCUT2D eigenvalue weighted by molar-refractivity contribution is 0.0801. The van der Waals surface area contributed by atoms with Gasteiger partial charge in [0.25, 0.3) is 0 Å². The molecule has 21 heavy (non-hydrogen) atoms. The van der Waals surface area contributed by atoms with Crippen LogP contribution < -0.4 is 5.73 Å². The Labute approximate surface area is 131 Å². The number of nitrogens with two attached hydrogens (primary N) is 1. The summed E-state index contributed by atoms with van der Waals surface area (Å²) in [7, 11) is -1.58. The second-order valence-electron chi connectivity index (χ2n) is 6.19. The van der Waals surface area contributed by atoms with E-state index < -0.39 is 10.0 Å². The number of rotatable bonds is 2. The molecule has 1 aliphatic rings. The van der Waals surface area contributed by atoms with Crippen molar-refractivity contribution >= 4 is 27.3 Å². The van der Waals surface area contributed by atoms with Crippen molar-refractivity contribution in [2.24, 2.45) is 0 Å². The summed E-state index contributed by atoms with van der Waals surface area (Å²) in [5, 5.41) is 0.338. The normalized spacial score (nSPS) is 20.6. The third-order valence-corrected chi connectivity index (χ3v) is 6.45. The third kappa shape index (κ3) is 3.04. The molecule has 0 unspecified atom stereocenters. The highest BCUT2D eigenvalue weighted by molar-refractivity contribution is 7.89. The topological polar surface area (TPSA) is 66.6 Å². The maximum absolute atomic E-state index is 12.9. The van der Waals surface area contributed by atoms with Gasteiger partial charge >= 0.3 is 0 Å². The molecule has 7 heteroatoms. The molecule has 1 fully saturated rings. The largest absolute Gasteiger partial charge is 0.398 e. The minimum Gasteiger partial charge on any atom is -0.398 e. The summed E-state index contributed by atoms with van der Waals surface area (Å²) >= 11 is 5.98. The van der Waals surface area contributed by atoms with Crippen molar-refractivity contribution in [3.63, 3.8) is 0 Å². The first-order chi connectivity index (χ1) is 9.55. The van der Waals surface area contributed by atoms with E-state index in [2.05, 4.69) is 4.90 Å². The van der Waals surface area contributed by atoms with Crippen LogP contribution in [0.25, 0.3) is 0 Å². The molecule has 1 aliphatic heterocycles. The molecule has 0 radical (unpaired) electrons. The molecular formula is C14H22ClN3O2S. The Morgan fingerprint density at radius 2 is 1.90 bits per heavy atom. The molecule has 1 heterocycles. The summed E-state index contributed by atoms with van der Waals surface area (Å²) in [6, 6.07) is 3.05. The highest BCUT2D eigenvalue weighted by Gasteiger charge is 2.37. The lowest BCUT2D eigenvalue weighted by Crippen LogP contribution is -2.58. The molecule has 118 valence electrons. The highest BCUT2D eigenvalue weighted by atomic mass is 35.5. The van der Waals surface area contributed by atoms with E-state index in [1.54, 1.807) is 13.0 Å². The van der Waals surface area contributed by atoms with Crippen molar-refractivity contribution in [2.45, 2.75) is 31.2 Å². The lowest BCUT2D eigenvalue weighted by atomic mass is 10.0. The predicted molar refractivity (Wildman–Crippen MR) is 86.1 cm³/mol. The number of piperazine rings is 1. The molecule has 2 rings (SSSR count). The number of hydrogen-bond acceptors (Lipinski definition) is 4. The molecule has 2 N–H and O–H groups in total. The van der Waals surface area contributed by atoms with E-state index in [1.807, 2.05) is 20.9 Å². The number of hydrogen-bond donors (Lipinski definition) is 1. The summed E-state index contributed by atoms with van der Waals surface area (Å²) in [5.74, 6) is 0. The first kappa shape index (κ1) is 16.5. The van der Waals surface area contributed by atoms with Crippen LogP contribution in [0.5, 0.6) is 0 Å². The molecule has 1 aromatic carbocycles. The fraction of sp³-hybridized carbons (Fsp3) is 0.571. The average Bonchev–Trinajstić information content (AvgIpc) is 2.36. The number of nitrogen functional groups attached to an aromatic ring is 1. The molecule has 5 nitrogen and oxygen atoms in total. The van der Waals surface area contributed by atoms with Crippen molar-refractivity contribution < 1.29 is 8.42 Å². The van der Waals surface area contributed by atoms with Crippen molar-refractivity contribution in [1.82, 2.24) is 9.21 Å². The van der Waals surface area contributed by atoms with Crippen molar-refractivity contribution in [3.8, 4) is 0 Å².